The zero-order valence-corrected chi connectivity index (χ0v) is 20.8. The molecule has 170 valence electrons. The van der Waals surface area contributed by atoms with Gasteiger partial charge < -0.3 is 4.90 Å². The van der Waals surface area contributed by atoms with Crippen LogP contribution in [-0.2, 0) is 0 Å². The number of rotatable bonds is 5. The van der Waals surface area contributed by atoms with Gasteiger partial charge in [-0.05, 0) is 39.0 Å². The number of hydrogen-bond acceptors (Lipinski definition) is 5. The van der Waals surface area contributed by atoms with E-state index in [-0.39, 0.29) is 12.4 Å². The summed E-state index contributed by atoms with van der Waals surface area (Å²) in [5.41, 5.74) is 5.00. The van der Waals surface area contributed by atoms with Crippen molar-refractivity contribution in [1.82, 2.24) is 24.6 Å². The van der Waals surface area contributed by atoms with Gasteiger partial charge in [-0.25, -0.2) is 14.6 Å². The Morgan fingerprint density at radius 1 is 1.00 bits per heavy atom. The van der Waals surface area contributed by atoms with Crippen LogP contribution in [0.15, 0.2) is 36.5 Å². The first kappa shape index (κ1) is 24.5. The molecule has 4 rings (SSSR count). The van der Waals surface area contributed by atoms with Gasteiger partial charge in [-0.1, -0.05) is 41.4 Å². The largest absolute Gasteiger partial charge is 0.368 e. The monoisotopic (exact) mass is 492 g/mol. The first-order valence-corrected chi connectivity index (χ1v) is 11.1. The first-order chi connectivity index (χ1) is 14.9. The molecule has 0 atom stereocenters. The van der Waals surface area contributed by atoms with Crippen LogP contribution in [0.5, 0.6) is 0 Å². The zero-order valence-electron chi connectivity index (χ0n) is 18.4. The van der Waals surface area contributed by atoms with Gasteiger partial charge in [-0.3, -0.25) is 4.90 Å². The van der Waals surface area contributed by atoms with Gasteiger partial charge in [0.15, 0.2) is 0 Å². The molecule has 0 amide bonds. The van der Waals surface area contributed by atoms with Crippen molar-refractivity contribution >= 4 is 47.4 Å². The highest BCUT2D eigenvalue weighted by molar-refractivity contribution is 6.43. The van der Waals surface area contributed by atoms with Crippen molar-refractivity contribution in [2.45, 2.75) is 20.8 Å². The fourth-order valence-corrected chi connectivity index (χ4v) is 4.24. The summed E-state index contributed by atoms with van der Waals surface area (Å²) in [6.07, 6.45) is 6.19. The Morgan fingerprint density at radius 3 is 2.38 bits per heavy atom. The topological polar surface area (TPSA) is 50.1 Å². The van der Waals surface area contributed by atoms with E-state index in [9.17, 15) is 0 Å². The summed E-state index contributed by atoms with van der Waals surface area (Å²) in [4.78, 5) is 13.7. The highest BCUT2D eigenvalue weighted by Crippen LogP contribution is 2.32. The molecule has 0 aliphatic carbocycles. The average Bonchev–Trinajstić information content (AvgIpc) is 3.10. The van der Waals surface area contributed by atoms with Crippen molar-refractivity contribution in [3.63, 3.8) is 0 Å². The third-order valence-corrected chi connectivity index (χ3v) is 6.32. The Kier molecular flexibility index (Phi) is 8.17. The van der Waals surface area contributed by atoms with Gasteiger partial charge in [0, 0.05) is 49.7 Å². The fraction of sp³-hybridized carbons (Fsp3) is 0.348. The van der Waals surface area contributed by atoms with E-state index in [1.807, 2.05) is 51.2 Å². The Morgan fingerprint density at radius 2 is 1.69 bits per heavy atom. The van der Waals surface area contributed by atoms with Crippen LogP contribution in [0.4, 0.5) is 5.69 Å². The lowest BCUT2D eigenvalue weighted by molar-refractivity contribution is 0.284. The number of halogens is 3. The first-order valence-electron chi connectivity index (χ1n) is 10.4. The molecule has 0 saturated carbocycles. The molecule has 32 heavy (non-hydrogen) atoms. The maximum Gasteiger partial charge on any atom is 0.251 e. The van der Waals surface area contributed by atoms with Gasteiger partial charge in [0.05, 0.1) is 27.6 Å². The molecule has 3 aromatic rings. The highest BCUT2D eigenvalue weighted by atomic mass is 35.5. The number of hydrogen-bond donors (Lipinski definition) is 0. The molecule has 0 spiro atoms. The summed E-state index contributed by atoms with van der Waals surface area (Å²) in [6, 6.07) is 7.77. The molecule has 1 fully saturated rings. The molecule has 2 aromatic heterocycles. The van der Waals surface area contributed by atoms with Crippen LogP contribution in [-0.4, -0.2) is 57.4 Å². The smallest absolute Gasteiger partial charge is 0.251 e. The summed E-state index contributed by atoms with van der Waals surface area (Å²) in [7, 11) is 0. The zero-order chi connectivity index (χ0) is 22.0. The fourth-order valence-electron chi connectivity index (χ4n) is 3.83. The van der Waals surface area contributed by atoms with Gasteiger partial charge in [-0.15, -0.1) is 12.4 Å². The van der Waals surface area contributed by atoms with Crippen molar-refractivity contribution in [3.8, 4) is 5.95 Å². The lowest BCUT2D eigenvalue weighted by atomic mass is 10.2. The van der Waals surface area contributed by atoms with Gasteiger partial charge in [0.1, 0.15) is 0 Å². The van der Waals surface area contributed by atoms with Crippen LogP contribution in [0.3, 0.4) is 0 Å². The standard InChI is InChI=1S/C23H26Cl2N6.ClH/c1-16-14-17(2)28-23(27-16)31-18(3)19(15-26-31)6-5-9-29-10-12-30(13-11-29)21-8-4-7-20(24)22(21)25;/h4-8,14-15H,9-13H2,1-3H3;1H. The molecule has 0 N–H and O–H groups in total. The summed E-state index contributed by atoms with van der Waals surface area (Å²) in [5.74, 6) is 0.616. The second kappa shape index (κ2) is 10.7. The average molecular weight is 494 g/mol. The highest BCUT2D eigenvalue weighted by Gasteiger charge is 2.19. The summed E-state index contributed by atoms with van der Waals surface area (Å²) in [6.45, 7) is 10.7. The van der Waals surface area contributed by atoms with Gasteiger partial charge in [0.25, 0.3) is 5.95 Å². The molecule has 1 aliphatic heterocycles. The molecule has 1 aromatic carbocycles. The van der Waals surface area contributed by atoms with Crippen LogP contribution in [0.2, 0.25) is 10.0 Å². The number of benzene rings is 1. The molecule has 1 aliphatic rings. The lowest BCUT2D eigenvalue weighted by Crippen LogP contribution is -2.46. The normalized spacial score (nSPS) is 14.7. The third kappa shape index (κ3) is 5.44. The molecule has 6 nitrogen and oxygen atoms in total. The van der Waals surface area contributed by atoms with Crippen molar-refractivity contribution < 1.29 is 0 Å². The minimum atomic E-state index is 0. The number of nitrogens with zero attached hydrogens (tertiary/aromatic N) is 6. The van der Waals surface area contributed by atoms with Crippen LogP contribution in [0, 0.1) is 20.8 Å². The molecule has 0 unspecified atom stereocenters. The van der Waals surface area contributed by atoms with Crippen LogP contribution in [0.1, 0.15) is 22.6 Å². The number of piperazine rings is 1. The predicted octanol–water partition coefficient (Wildman–Crippen LogP) is 5.15. The van der Waals surface area contributed by atoms with Crippen LogP contribution in [0.25, 0.3) is 12.0 Å². The maximum atomic E-state index is 6.38. The van der Waals surface area contributed by atoms with Gasteiger partial charge in [-0.2, -0.15) is 5.10 Å². The molecule has 3 heterocycles. The Hall–Kier alpha value is -2.12. The van der Waals surface area contributed by atoms with Gasteiger partial charge in [0.2, 0.25) is 0 Å². The molecule has 0 bridgehead atoms. The number of aryl methyl sites for hydroxylation is 2. The Labute approximate surface area is 205 Å². The Bertz CT molecular complexity index is 1080. The van der Waals surface area contributed by atoms with E-state index in [4.69, 9.17) is 23.2 Å². The van der Waals surface area contributed by atoms with E-state index in [0.717, 1.165) is 61.1 Å². The summed E-state index contributed by atoms with van der Waals surface area (Å²) in [5, 5.41) is 5.73. The van der Waals surface area contributed by atoms with E-state index in [2.05, 4.69) is 37.0 Å². The summed E-state index contributed by atoms with van der Waals surface area (Å²) >= 11 is 12.5. The van der Waals surface area contributed by atoms with E-state index >= 15 is 0 Å². The number of aromatic nitrogens is 4. The second-order valence-corrected chi connectivity index (χ2v) is 8.60. The van der Waals surface area contributed by atoms with E-state index < -0.39 is 0 Å². The van der Waals surface area contributed by atoms with Crippen LogP contribution < -0.4 is 4.90 Å². The SMILES string of the molecule is Cc1cc(C)nc(-n2ncc(C=CCN3CCN(c4cccc(Cl)c4Cl)CC3)c2C)n1.Cl. The molecule has 0 radical (unpaired) electrons. The molecule has 9 heteroatoms. The van der Waals surface area contributed by atoms with Crippen molar-refractivity contribution in [3.05, 3.63) is 69.2 Å². The van der Waals surface area contributed by atoms with Gasteiger partial charge >= 0.3 is 0 Å². The minimum Gasteiger partial charge on any atom is -0.368 e. The quantitative estimate of drug-likeness (QED) is 0.492. The predicted molar refractivity (Wildman–Crippen MR) is 135 cm³/mol. The minimum absolute atomic E-state index is 0. The second-order valence-electron chi connectivity index (χ2n) is 7.81. The third-order valence-electron chi connectivity index (χ3n) is 5.51. The summed E-state index contributed by atoms with van der Waals surface area (Å²) < 4.78 is 1.80. The molecule has 1 saturated heterocycles. The molecular weight excluding hydrogens is 467 g/mol. The van der Waals surface area contributed by atoms with E-state index in [1.165, 1.54) is 0 Å². The number of anilines is 1. The van der Waals surface area contributed by atoms with E-state index in [0.29, 0.717) is 16.0 Å². The maximum absolute atomic E-state index is 6.38. The Balaban J connectivity index is 0.00000289. The van der Waals surface area contributed by atoms with Crippen molar-refractivity contribution in [2.24, 2.45) is 0 Å². The lowest BCUT2D eigenvalue weighted by Gasteiger charge is -2.36. The molecular formula is C23H27Cl3N6. The van der Waals surface area contributed by atoms with Crippen molar-refractivity contribution in [1.29, 1.82) is 0 Å². The van der Waals surface area contributed by atoms with Crippen LogP contribution >= 0.6 is 35.6 Å². The van der Waals surface area contributed by atoms with E-state index in [1.54, 1.807) is 4.68 Å². The van der Waals surface area contributed by atoms with Crippen molar-refractivity contribution in [2.75, 3.05) is 37.6 Å².